The molecule has 2 unspecified atom stereocenters. The number of benzene rings is 1. The van der Waals surface area contributed by atoms with Crippen LogP contribution in [-0.2, 0) is 16.1 Å². The minimum atomic E-state index is 0.132. The zero-order valence-corrected chi connectivity index (χ0v) is 15.7. The summed E-state index contributed by atoms with van der Waals surface area (Å²) in [5.41, 5.74) is 1.36. The molecule has 5 heteroatoms. The first-order chi connectivity index (χ1) is 12.0. The molecule has 138 valence electrons. The lowest BCUT2D eigenvalue weighted by Gasteiger charge is -2.41. The molecule has 1 aromatic rings. The predicted molar refractivity (Wildman–Crippen MR) is 99.3 cm³/mol. The van der Waals surface area contributed by atoms with Gasteiger partial charge in [0.1, 0.15) is 0 Å². The molecule has 3 rings (SSSR count). The Balaban J connectivity index is 1.49. The zero-order valence-electron chi connectivity index (χ0n) is 15.7. The molecule has 0 spiro atoms. The molecule has 0 aliphatic carbocycles. The van der Waals surface area contributed by atoms with Gasteiger partial charge >= 0.3 is 0 Å². The molecule has 1 aromatic carbocycles. The summed E-state index contributed by atoms with van der Waals surface area (Å²) in [5, 5.41) is 0. The maximum Gasteiger partial charge on any atom is 0.236 e. The number of carbonyl (C=O) groups is 1. The first-order valence-electron chi connectivity index (χ1n) is 9.45. The quantitative estimate of drug-likeness (QED) is 0.834. The Morgan fingerprint density at radius 2 is 1.72 bits per heavy atom. The summed E-state index contributed by atoms with van der Waals surface area (Å²) in [5.74, 6) is 0.241. The van der Waals surface area contributed by atoms with Gasteiger partial charge in [0, 0.05) is 45.3 Å². The van der Waals surface area contributed by atoms with Crippen molar-refractivity contribution in [1.82, 2.24) is 14.7 Å². The van der Waals surface area contributed by atoms with E-state index in [0.717, 1.165) is 26.2 Å². The zero-order chi connectivity index (χ0) is 17.8. The van der Waals surface area contributed by atoms with Gasteiger partial charge in [-0.2, -0.15) is 0 Å². The van der Waals surface area contributed by atoms with E-state index in [9.17, 15) is 4.79 Å². The molecule has 5 nitrogen and oxygen atoms in total. The Bertz CT molecular complexity index is 555. The van der Waals surface area contributed by atoms with Crippen LogP contribution in [0.1, 0.15) is 26.3 Å². The minimum Gasteiger partial charge on any atom is -0.372 e. The number of piperazine rings is 1. The Labute approximate surface area is 151 Å². The van der Waals surface area contributed by atoms with Crippen molar-refractivity contribution in [2.75, 3.05) is 39.3 Å². The lowest BCUT2D eigenvalue weighted by molar-refractivity contribution is -0.145. The molecular formula is C20H31N3O2. The topological polar surface area (TPSA) is 36.0 Å². The Hall–Kier alpha value is -1.43. The molecule has 0 bridgehead atoms. The minimum absolute atomic E-state index is 0.132. The van der Waals surface area contributed by atoms with Crippen molar-refractivity contribution in [3.8, 4) is 0 Å². The fraction of sp³-hybridized carbons (Fsp3) is 0.650. The molecule has 0 aromatic heterocycles. The van der Waals surface area contributed by atoms with Gasteiger partial charge < -0.3 is 9.64 Å². The van der Waals surface area contributed by atoms with Crippen LogP contribution < -0.4 is 0 Å². The van der Waals surface area contributed by atoms with Crippen molar-refractivity contribution in [1.29, 1.82) is 0 Å². The van der Waals surface area contributed by atoms with E-state index < -0.39 is 0 Å². The van der Waals surface area contributed by atoms with E-state index in [1.807, 2.05) is 18.7 Å². The van der Waals surface area contributed by atoms with Gasteiger partial charge in [-0.25, -0.2) is 0 Å². The number of hydrogen-bond acceptors (Lipinski definition) is 4. The molecule has 2 heterocycles. The van der Waals surface area contributed by atoms with Gasteiger partial charge in [0.05, 0.1) is 18.8 Å². The molecular weight excluding hydrogens is 314 g/mol. The highest BCUT2D eigenvalue weighted by molar-refractivity contribution is 5.78. The van der Waals surface area contributed by atoms with Crippen LogP contribution in [0.3, 0.4) is 0 Å². The van der Waals surface area contributed by atoms with E-state index in [1.54, 1.807) is 0 Å². The predicted octanol–water partition coefficient (Wildman–Crippen LogP) is 1.83. The summed E-state index contributed by atoms with van der Waals surface area (Å²) in [6, 6.07) is 11.0. The maximum atomic E-state index is 12.7. The second kappa shape index (κ2) is 8.30. The molecule has 25 heavy (non-hydrogen) atoms. The number of rotatable bonds is 4. The van der Waals surface area contributed by atoms with Crippen LogP contribution >= 0.6 is 0 Å². The van der Waals surface area contributed by atoms with Crippen molar-refractivity contribution in [3.05, 3.63) is 35.9 Å². The molecule has 3 atom stereocenters. The lowest BCUT2D eigenvalue weighted by Crippen LogP contribution is -2.56. The Morgan fingerprint density at radius 1 is 1.04 bits per heavy atom. The standard InChI is InChI=1S/C20H31N3O2/c1-16-11-21(14-19-7-5-4-6-8-19)9-10-22(16)15-20(24)23-12-17(2)25-18(3)13-23/h4-8,16-18H,9-15H2,1-3H3/t16-,17?,18?/m1/s1. The number of carbonyl (C=O) groups excluding carboxylic acids is 1. The molecule has 1 amide bonds. The third-order valence-electron chi connectivity index (χ3n) is 5.21. The SMILES string of the molecule is CC1CN(C(=O)CN2CCN(Cc3ccccc3)C[C@H]2C)CC(C)O1. The second-order valence-corrected chi connectivity index (χ2v) is 7.60. The first-order valence-corrected chi connectivity index (χ1v) is 9.45. The van der Waals surface area contributed by atoms with Gasteiger partial charge in [0.15, 0.2) is 0 Å². The third-order valence-corrected chi connectivity index (χ3v) is 5.21. The number of morpholine rings is 1. The Morgan fingerprint density at radius 3 is 2.36 bits per heavy atom. The fourth-order valence-corrected chi connectivity index (χ4v) is 3.95. The number of ether oxygens (including phenoxy) is 1. The average Bonchev–Trinajstić information content (AvgIpc) is 2.57. The van der Waals surface area contributed by atoms with Crippen LogP contribution in [0, 0.1) is 0 Å². The van der Waals surface area contributed by atoms with E-state index >= 15 is 0 Å². The summed E-state index contributed by atoms with van der Waals surface area (Å²) in [6.45, 7) is 12.2. The highest BCUT2D eigenvalue weighted by atomic mass is 16.5. The smallest absolute Gasteiger partial charge is 0.236 e. The van der Waals surface area contributed by atoms with Crippen molar-refractivity contribution in [2.45, 2.75) is 45.6 Å². The summed E-state index contributed by atoms with van der Waals surface area (Å²) in [6.07, 6.45) is 0.265. The monoisotopic (exact) mass is 345 g/mol. The summed E-state index contributed by atoms with van der Waals surface area (Å²) in [4.78, 5) is 19.5. The molecule has 0 radical (unpaired) electrons. The highest BCUT2D eigenvalue weighted by Gasteiger charge is 2.30. The van der Waals surface area contributed by atoms with Crippen LogP contribution in [0.15, 0.2) is 30.3 Å². The highest BCUT2D eigenvalue weighted by Crippen LogP contribution is 2.15. The number of hydrogen-bond donors (Lipinski definition) is 0. The van der Waals surface area contributed by atoms with E-state index in [0.29, 0.717) is 25.7 Å². The van der Waals surface area contributed by atoms with Crippen LogP contribution in [0.4, 0.5) is 0 Å². The summed E-state index contributed by atoms with van der Waals surface area (Å²) in [7, 11) is 0. The van der Waals surface area contributed by atoms with Crippen molar-refractivity contribution >= 4 is 5.91 Å². The van der Waals surface area contributed by atoms with E-state index in [4.69, 9.17) is 4.74 Å². The van der Waals surface area contributed by atoms with Crippen LogP contribution in [-0.4, -0.2) is 78.1 Å². The van der Waals surface area contributed by atoms with E-state index in [1.165, 1.54) is 5.56 Å². The molecule has 0 N–H and O–H groups in total. The number of nitrogens with zero attached hydrogens (tertiary/aromatic N) is 3. The van der Waals surface area contributed by atoms with Gasteiger partial charge in [0.25, 0.3) is 0 Å². The van der Waals surface area contributed by atoms with Crippen LogP contribution in [0.5, 0.6) is 0 Å². The van der Waals surface area contributed by atoms with Crippen molar-refractivity contribution in [3.63, 3.8) is 0 Å². The molecule has 0 saturated carbocycles. The average molecular weight is 345 g/mol. The largest absolute Gasteiger partial charge is 0.372 e. The van der Waals surface area contributed by atoms with E-state index in [2.05, 4.69) is 47.1 Å². The molecule has 2 fully saturated rings. The molecule has 2 aliphatic heterocycles. The Kier molecular flexibility index (Phi) is 6.10. The normalized spacial score (nSPS) is 28.9. The third kappa shape index (κ3) is 5.03. The second-order valence-electron chi connectivity index (χ2n) is 7.60. The van der Waals surface area contributed by atoms with Gasteiger partial charge in [0.2, 0.25) is 5.91 Å². The first kappa shape index (κ1) is 18.4. The van der Waals surface area contributed by atoms with Crippen molar-refractivity contribution < 1.29 is 9.53 Å². The fourth-order valence-electron chi connectivity index (χ4n) is 3.95. The van der Waals surface area contributed by atoms with Gasteiger partial charge in [-0.15, -0.1) is 0 Å². The van der Waals surface area contributed by atoms with Crippen LogP contribution in [0.25, 0.3) is 0 Å². The summed E-state index contributed by atoms with van der Waals surface area (Å²) >= 11 is 0. The maximum absolute atomic E-state index is 12.7. The molecule has 2 aliphatic rings. The molecule has 2 saturated heterocycles. The van der Waals surface area contributed by atoms with Gasteiger partial charge in [-0.05, 0) is 26.3 Å². The van der Waals surface area contributed by atoms with Crippen LogP contribution in [0.2, 0.25) is 0 Å². The van der Waals surface area contributed by atoms with Gasteiger partial charge in [-0.1, -0.05) is 30.3 Å². The lowest BCUT2D eigenvalue weighted by atomic mass is 10.1. The van der Waals surface area contributed by atoms with Crippen molar-refractivity contribution in [2.24, 2.45) is 0 Å². The van der Waals surface area contributed by atoms with Gasteiger partial charge in [-0.3, -0.25) is 14.6 Å². The van der Waals surface area contributed by atoms with E-state index in [-0.39, 0.29) is 18.1 Å². The number of amides is 1. The summed E-state index contributed by atoms with van der Waals surface area (Å²) < 4.78 is 5.73.